The highest BCUT2D eigenvalue weighted by atomic mass is 19.1. The van der Waals surface area contributed by atoms with Crippen LogP contribution in [0.25, 0.3) is 11.3 Å². The second-order valence-electron chi connectivity index (χ2n) is 8.25. The lowest BCUT2D eigenvalue weighted by atomic mass is 9.86. The van der Waals surface area contributed by atoms with E-state index in [1.165, 1.54) is 0 Å². The molecule has 2 N–H and O–H groups in total. The van der Waals surface area contributed by atoms with Gasteiger partial charge >= 0.3 is 0 Å². The van der Waals surface area contributed by atoms with Crippen molar-refractivity contribution in [2.75, 3.05) is 6.61 Å². The van der Waals surface area contributed by atoms with Gasteiger partial charge in [-0.05, 0) is 29.2 Å². The van der Waals surface area contributed by atoms with E-state index in [1.807, 2.05) is 55.7 Å². The van der Waals surface area contributed by atoms with Crippen LogP contribution in [0.5, 0.6) is 0 Å². The van der Waals surface area contributed by atoms with Crippen molar-refractivity contribution >= 4 is 5.91 Å². The summed E-state index contributed by atoms with van der Waals surface area (Å²) < 4.78 is 30.0. The molecule has 0 fully saturated rings. The summed E-state index contributed by atoms with van der Waals surface area (Å²) in [5.74, 6) is -1.19. The Kier molecular flexibility index (Phi) is 6.31. The van der Waals surface area contributed by atoms with Crippen LogP contribution in [0.3, 0.4) is 0 Å². The quantitative estimate of drug-likeness (QED) is 0.640. The molecule has 5 nitrogen and oxygen atoms in total. The van der Waals surface area contributed by atoms with E-state index in [9.17, 15) is 18.7 Å². The molecule has 1 heterocycles. The molecule has 158 valence electrons. The number of amides is 1. The molecular formula is C23H25F2N3O2. The number of hydrogen-bond donors (Lipinski definition) is 2. The van der Waals surface area contributed by atoms with E-state index in [4.69, 9.17) is 0 Å². The minimum absolute atomic E-state index is 0.0456. The number of aromatic nitrogens is 2. The Labute approximate surface area is 174 Å². The Morgan fingerprint density at radius 3 is 2.50 bits per heavy atom. The Hall–Kier alpha value is -3.06. The predicted molar refractivity (Wildman–Crippen MR) is 111 cm³/mol. The zero-order valence-corrected chi connectivity index (χ0v) is 17.2. The monoisotopic (exact) mass is 413 g/mol. The molecule has 0 spiro atoms. The van der Waals surface area contributed by atoms with Crippen LogP contribution in [0.4, 0.5) is 8.78 Å². The van der Waals surface area contributed by atoms with E-state index in [1.54, 1.807) is 6.20 Å². The topological polar surface area (TPSA) is 67.2 Å². The van der Waals surface area contributed by atoms with Crippen LogP contribution in [-0.4, -0.2) is 27.2 Å². The molecule has 0 saturated carbocycles. The van der Waals surface area contributed by atoms with E-state index < -0.39 is 35.6 Å². The normalized spacial score (nSPS) is 12.6. The fourth-order valence-electron chi connectivity index (χ4n) is 3.27. The molecule has 0 saturated heterocycles. The molecule has 1 amide bonds. The number of imidazole rings is 1. The van der Waals surface area contributed by atoms with Gasteiger partial charge < -0.3 is 15.0 Å². The number of aliphatic hydroxyl groups excluding tert-OH is 1. The van der Waals surface area contributed by atoms with Crippen molar-refractivity contribution < 1.29 is 18.7 Å². The Morgan fingerprint density at radius 1 is 1.17 bits per heavy atom. The van der Waals surface area contributed by atoms with Gasteiger partial charge in [-0.15, -0.1) is 0 Å². The van der Waals surface area contributed by atoms with Crippen molar-refractivity contribution in [1.29, 1.82) is 0 Å². The molecule has 1 aromatic heterocycles. The van der Waals surface area contributed by atoms with Gasteiger partial charge in [-0.25, -0.2) is 13.8 Å². The van der Waals surface area contributed by atoms with Crippen molar-refractivity contribution in [2.24, 2.45) is 5.41 Å². The lowest BCUT2D eigenvalue weighted by molar-refractivity contribution is -0.125. The first-order chi connectivity index (χ1) is 14.2. The summed E-state index contributed by atoms with van der Waals surface area (Å²) >= 11 is 0. The fourth-order valence-corrected chi connectivity index (χ4v) is 3.27. The lowest BCUT2D eigenvalue weighted by Crippen LogP contribution is -2.39. The summed E-state index contributed by atoms with van der Waals surface area (Å²) in [5.41, 5.74) is 0.848. The molecular weight excluding hydrogens is 388 g/mol. The van der Waals surface area contributed by atoms with Crippen LogP contribution in [-0.2, 0) is 11.3 Å². The van der Waals surface area contributed by atoms with Crippen molar-refractivity contribution in [2.45, 2.75) is 33.4 Å². The summed E-state index contributed by atoms with van der Waals surface area (Å²) in [6.45, 7) is 5.57. The number of nitrogens with one attached hydrogen (secondary N) is 1. The number of halogens is 2. The number of rotatable bonds is 6. The van der Waals surface area contributed by atoms with Crippen LogP contribution < -0.4 is 5.32 Å². The van der Waals surface area contributed by atoms with Gasteiger partial charge in [-0.3, -0.25) is 4.79 Å². The number of carbonyl (C=O) groups is 1. The second-order valence-corrected chi connectivity index (χ2v) is 8.25. The summed E-state index contributed by atoms with van der Waals surface area (Å²) in [6.07, 6.45) is 1.66. The molecule has 2 aromatic carbocycles. The van der Waals surface area contributed by atoms with Crippen LogP contribution in [0.15, 0.2) is 54.7 Å². The molecule has 0 aliphatic carbocycles. The van der Waals surface area contributed by atoms with Crippen LogP contribution in [0, 0.1) is 17.0 Å². The standard InChI is InChI=1S/C23H25F2N3O2/c1-23(2,3)21(27-20(30)14-29)22-26-19(17-11-16(24)9-10-18(17)25)13-28(22)12-15-7-5-4-6-8-15/h4-11,13,21,29H,12,14H2,1-3H3,(H,27,30)/t21-/m0/s1. The van der Waals surface area contributed by atoms with E-state index in [0.717, 1.165) is 23.8 Å². The van der Waals surface area contributed by atoms with Crippen LogP contribution in [0.2, 0.25) is 0 Å². The van der Waals surface area contributed by atoms with Crippen LogP contribution in [0.1, 0.15) is 38.2 Å². The first kappa shape index (κ1) is 21.6. The number of hydrogen-bond acceptors (Lipinski definition) is 3. The molecule has 3 rings (SSSR count). The third-order valence-electron chi connectivity index (χ3n) is 4.78. The largest absolute Gasteiger partial charge is 0.387 e. The maximum Gasteiger partial charge on any atom is 0.246 e. The summed E-state index contributed by atoms with van der Waals surface area (Å²) in [4.78, 5) is 16.6. The van der Waals surface area contributed by atoms with E-state index in [2.05, 4.69) is 10.3 Å². The first-order valence-corrected chi connectivity index (χ1v) is 9.65. The molecule has 7 heteroatoms. The molecule has 0 aliphatic rings. The van der Waals surface area contributed by atoms with E-state index in [0.29, 0.717) is 12.4 Å². The SMILES string of the molecule is CC(C)(C)[C@@H](NC(=O)CO)c1nc(-c2cc(F)ccc2F)cn1Cc1ccccc1. The third-order valence-corrected chi connectivity index (χ3v) is 4.78. The Balaban J connectivity index is 2.14. The lowest BCUT2D eigenvalue weighted by Gasteiger charge is -2.31. The Morgan fingerprint density at radius 2 is 1.87 bits per heavy atom. The van der Waals surface area contributed by atoms with Crippen molar-refractivity contribution in [3.8, 4) is 11.3 Å². The first-order valence-electron chi connectivity index (χ1n) is 9.65. The molecule has 0 radical (unpaired) electrons. The summed E-state index contributed by atoms with van der Waals surface area (Å²) in [6, 6.07) is 12.3. The second kappa shape index (κ2) is 8.75. The van der Waals surface area contributed by atoms with Crippen LogP contribution >= 0.6 is 0 Å². The number of nitrogens with zero attached hydrogens (tertiary/aromatic N) is 2. The molecule has 0 bridgehead atoms. The molecule has 1 atom stereocenters. The number of aliphatic hydroxyl groups is 1. The van der Waals surface area contributed by atoms with Crippen molar-refractivity contribution in [3.63, 3.8) is 0 Å². The minimum Gasteiger partial charge on any atom is -0.387 e. The highest BCUT2D eigenvalue weighted by Crippen LogP contribution is 2.34. The predicted octanol–water partition coefficient (Wildman–Crippen LogP) is 4.07. The molecule has 0 unspecified atom stereocenters. The highest BCUT2D eigenvalue weighted by molar-refractivity contribution is 5.77. The number of carbonyl (C=O) groups excluding carboxylic acids is 1. The maximum absolute atomic E-state index is 14.4. The maximum atomic E-state index is 14.4. The zero-order chi connectivity index (χ0) is 21.9. The van der Waals surface area contributed by atoms with Gasteiger partial charge in [0.25, 0.3) is 0 Å². The highest BCUT2D eigenvalue weighted by Gasteiger charge is 2.32. The Bertz CT molecular complexity index is 1030. The minimum atomic E-state index is -0.655. The molecule has 3 aromatic rings. The smallest absolute Gasteiger partial charge is 0.246 e. The average Bonchev–Trinajstić information content (AvgIpc) is 3.10. The van der Waals surface area contributed by atoms with Crippen molar-refractivity contribution in [1.82, 2.24) is 14.9 Å². The van der Waals surface area contributed by atoms with E-state index in [-0.39, 0.29) is 11.3 Å². The molecule has 30 heavy (non-hydrogen) atoms. The van der Waals surface area contributed by atoms with Gasteiger partial charge in [0.15, 0.2) is 0 Å². The van der Waals surface area contributed by atoms with Gasteiger partial charge in [0.05, 0.1) is 11.7 Å². The fraction of sp³-hybridized carbons (Fsp3) is 0.304. The van der Waals surface area contributed by atoms with Gasteiger partial charge in [-0.1, -0.05) is 51.1 Å². The van der Waals surface area contributed by atoms with Gasteiger partial charge in [0, 0.05) is 18.3 Å². The van der Waals surface area contributed by atoms with Crippen molar-refractivity contribution in [3.05, 3.63) is 77.8 Å². The molecule has 0 aliphatic heterocycles. The average molecular weight is 413 g/mol. The van der Waals surface area contributed by atoms with E-state index >= 15 is 0 Å². The zero-order valence-electron chi connectivity index (χ0n) is 17.2. The van der Waals surface area contributed by atoms with Gasteiger partial charge in [0.2, 0.25) is 5.91 Å². The summed E-state index contributed by atoms with van der Waals surface area (Å²) in [5, 5.41) is 12.0. The van der Waals surface area contributed by atoms with Gasteiger partial charge in [0.1, 0.15) is 24.1 Å². The van der Waals surface area contributed by atoms with Gasteiger partial charge in [-0.2, -0.15) is 0 Å². The number of benzene rings is 2. The third kappa shape index (κ3) is 4.91. The summed E-state index contributed by atoms with van der Waals surface area (Å²) in [7, 11) is 0.